The lowest BCUT2D eigenvalue weighted by Crippen LogP contribution is -2.41. The molecule has 0 N–H and O–H groups in total. The Balaban J connectivity index is 1.52. The quantitative estimate of drug-likeness (QED) is 0.125. The lowest BCUT2D eigenvalue weighted by molar-refractivity contribution is 0.00578. The minimum absolute atomic E-state index is 0.493. The van der Waals surface area contributed by atoms with Gasteiger partial charge in [0.05, 0.1) is 26.8 Å². The lowest BCUT2D eigenvalue weighted by Gasteiger charge is -2.39. The van der Waals surface area contributed by atoms with Crippen molar-refractivity contribution in [1.82, 2.24) is 4.98 Å². The molecule has 50 heavy (non-hydrogen) atoms. The van der Waals surface area contributed by atoms with E-state index in [4.69, 9.17) is 14.3 Å². The third kappa shape index (κ3) is 5.80. The second kappa shape index (κ2) is 12.8. The van der Waals surface area contributed by atoms with Gasteiger partial charge in [-0.15, -0.1) is 11.3 Å². The van der Waals surface area contributed by atoms with Crippen molar-refractivity contribution in [3.63, 3.8) is 0 Å². The van der Waals surface area contributed by atoms with Crippen molar-refractivity contribution < 1.29 is 9.31 Å². The predicted octanol–water partition coefficient (Wildman–Crippen LogP) is 11.2. The molecule has 1 aliphatic heterocycles. The second-order valence-electron chi connectivity index (χ2n) is 14.3. The molecular formula is C45H40BNO2S. The van der Waals surface area contributed by atoms with E-state index in [-0.39, 0.29) is 0 Å². The SMILES string of the molecule is CC1(C)OB(C2=CC(C(=C(c3ccccc3)c3ccccc3)c3ccccc3)(c3nc4ccccc4s3)CC(c3ccccc3)=C2)OC1(C)C. The molecule has 1 saturated heterocycles. The van der Waals surface area contributed by atoms with Gasteiger partial charge in [0.1, 0.15) is 5.01 Å². The van der Waals surface area contributed by atoms with E-state index in [0.717, 1.165) is 37.4 Å². The van der Waals surface area contributed by atoms with Crippen LogP contribution in [-0.4, -0.2) is 23.3 Å². The molecule has 0 saturated carbocycles. The lowest BCUT2D eigenvalue weighted by atomic mass is 9.61. The van der Waals surface area contributed by atoms with Gasteiger partial charge in [0, 0.05) is 0 Å². The summed E-state index contributed by atoms with van der Waals surface area (Å²) in [6.45, 7) is 8.49. The highest BCUT2D eigenvalue weighted by Gasteiger charge is 2.54. The molecule has 1 unspecified atom stereocenters. The number of nitrogens with zero attached hydrogens (tertiary/aromatic N) is 1. The van der Waals surface area contributed by atoms with E-state index < -0.39 is 23.7 Å². The molecule has 0 radical (unpaired) electrons. The first-order chi connectivity index (χ1) is 24.2. The van der Waals surface area contributed by atoms with Crippen molar-refractivity contribution in [3.8, 4) is 0 Å². The van der Waals surface area contributed by atoms with Crippen LogP contribution >= 0.6 is 11.3 Å². The van der Waals surface area contributed by atoms with E-state index in [1.165, 1.54) is 22.3 Å². The minimum Gasteiger partial charge on any atom is -0.399 e. The number of aromatic nitrogens is 1. The summed E-state index contributed by atoms with van der Waals surface area (Å²) >= 11 is 1.78. The summed E-state index contributed by atoms with van der Waals surface area (Å²) in [6, 6.07) is 51.7. The Labute approximate surface area is 299 Å². The Bertz CT molecular complexity index is 2150. The maximum Gasteiger partial charge on any atom is 0.494 e. The van der Waals surface area contributed by atoms with Crippen LogP contribution in [-0.2, 0) is 14.7 Å². The van der Waals surface area contributed by atoms with Crippen molar-refractivity contribution in [2.24, 2.45) is 0 Å². The van der Waals surface area contributed by atoms with Crippen LogP contribution in [0.25, 0.3) is 26.9 Å². The van der Waals surface area contributed by atoms with Crippen LogP contribution in [0.15, 0.2) is 163 Å². The molecule has 8 rings (SSSR count). The Morgan fingerprint density at radius 2 is 1.12 bits per heavy atom. The smallest absolute Gasteiger partial charge is 0.399 e. The summed E-state index contributed by atoms with van der Waals surface area (Å²) in [6.07, 6.45) is 5.43. The van der Waals surface area contributed by atoms with Crippen molar-refractivity contribution in [2.45, 2.75) is 50.7 Å². The number of benzene rings is 5. The first-order valence-corrected chi connectivity index (χ1v) is 18.2. The summed E-state index contributed by atoms with van der Waals surface area (Å²) in [4.78, 5) is 5.50. The molecule has 1 fully saturated rings. The van der Waals surface area contributed by atoms with Gasteiger partial charge in [0.2, 0.25) is 0 Å². The molecule has 2 heterocycles. The van der Waals surface area contributed by atoms with Crippen LogP contribution in [0.2, 0.25) is 0 Å². The zero-order valence-electron chi connectivity index (χ0n) is 29.0. The van der Waals surface area contributed by atoms with Crippen molar-refractivity contribution in [1.29, 1.82) is 0 Å². The van der Waals surface area contributed by atoms with E-state index in [2.05, 4.69) is 185 Å². The monoisotopic (exact) mass is 669 g/mol. The largest absolute Gasteiger partial charge is 0.494 e. The van der Waals surface area contributed by atoms with E-state index in [1.54, 1.807) is 11.3 Å². The highest BCUT2D eigenvalue weighted by Crippen LogP contribution is 2.55. The predicted molar refractivity (Wildman–Crippen MR) is 210 cm³/mol. The highest BCUT2D eigenvalue weighted by molar-refractivity contribution is 7.18. The van der Waals surface area contributed by atoms with E-state index in [9.17, 15) is 0 Å². The maximum atomic E-state index is 6.82. The van der Waals surface area contributed by atoms with Crippen molar-refractivity contribution >= 4 is 45.4 Å². The molecule has 1 aromatic heterocycles. The number of allylic oxidation sites excluding steroid dienone is 5. The molecular weight excluding hydrogens is 629 g/mol. The average Bonchev–Trinajstić information content (AvgIpc) is 3.69. The van der Waals surface area contributed by atoms with Crippen LogP contribution in [0.3, 0.4) is 0 Å². The van der Waals surface area contributed by atoms with Crippen LogP contribution in [0, 0.1) is 0 Å². The normalized spacial score (nSPS) is 19.6. The molecule has 2 aliphatic rings. The van der Waals surface area contributed by atoms with Gasteiger partial charge in [-0.1, -0.05) is 146 Å². The van der Waals surface area contributed by atoms with Gasteiger partial charge in [0.25, 0.3) is 0 Å². The number of hydrogen-bond donors (Lipinski definition) is 0. The zero-order chi connectivity index (χ0) is 34.3. The summed E-state index contributed by atoms with van der Waals surface area (Å²) in [5, 5.41) is 1.04. The van der Waals surface area contributed by atoms with Crippen LogP contribution in [0.5, 0.6) is 0 Å². The third-order valence-electron chi connectivity index (χ3n) is 10.5. The van der Waals surface area contributed by atoms with Gasteiger partial charge in [-0.05, 0) is 90.7 Å². The van der Waals surface area contributed by atoms with E-state index in [1.807, 2.05) is 0 Å². The molecule has 1 atom stereocenters. The van der Waals surface area contributed by atoms with Crippen LogP contribution < -0.4 is 0 Å². The van der Waals surface area contributed by atoms with Gasteiger partial charge in [0.15, 0.2) is 0 Å². The van der Waals surface area contributed by atoms with E-state index >= 15 is 0 Å². The Morgan fingerprint density at radius 1 is 0.620 bits per heavy atom. The van der Waals surface area contributed by atoms with Gasteiger partial charge in [-0.25, -0.2) is 4.98 Å². The molecule has 1 aliphatic carbocycles. The number of para-hydroxylation sites is 1. The first-order valence-electron chi connectivity index (χ1n) is 17.4. The van der Waals surface area contributed by atoms with E-state index in [0.29, 0.717) is 6.42 Å². The van der Waals surface area contributed by atoms with Crippen molar-refractivity contribution in [2.75, 3.05) is 0 Å². The van der Waals surface area contributed by atoms with Gasteiger partial charge in [-0.2, -0.15) is 0 Å². The van der Waals surface area contributed by atoms with Gasteiger partial charge >= 0.3 is 7.12 Å². The minimum atomic E-state index is -0.703. The molecule has 5 heteroatoms. The van der Waals surface area contributed by atoms with Gasteiger partial charge < -0.3 is 9.31 Å². The molecule has 0 amide bonds. The number of rotatable bonds is 7. The van der Waals surface area contributed by atoms with Gasteiger partial charge in [-0.3, -0.25) is 0 Å². The zero-order valence-corrected chi connectivity index (χ0v) is 29.8. The first kappa shape index (κ1) is 32.4. The number of hydrogen-bond acceptors (Lipinski definition) is 4. The third-order valence-corrected chi connectivity index (χ3v) is 11.7. The Kier molecular flexibility index (Phi) is 8.31. The second-order valence-corrected chi connectivity index (χ2v) is 15.3. The summed E-state index contributed by atoms with van der Waals surface area (Å²) in [7, 11) is -0.554. The molecule has 0 bridgehead atoms. The summed E-state index contributed by atoms with van der Waals surface area (Å²) < 4.78 is 14.8. The fraction of sp³-hybridized carbons (Fsp3) is 0.178. The Hall–Kier alpha value is -4.81. The fourth-order valence-corrected chi connectivity index (χ4v) is 8.38. The van der Waals surface area contributed by atoms with Crippen LogP contribution in [0.1, 0.15) is 61.4 Å². The average molecular weight is 670 g/mol. The summed E-state index contributed by atoms with van der Waals surface area (Å²) in [5.74, 6) is 0. The van der Waals surface area contributed by atoms with Crippen molar-refractivity contribution in [3.05, 3.63) is 190 Å². The molecule has 246 valence electrons. The number of thiazole rings is 1. The molecule has 0 spiro atoms. The molecule has 5 aromatic carbocycles. The fourth-order valence-electron chi connectivity index (χ4n) is 7.25. The number of fused-ring (bicyclic) bond motifs is 1. The summed E-state index contributed by atoms with van der Waals surface area (Å²) in [5.41, 5.74) is 8.53. The Morgan fingerprint density at radius 3 is 1.68 bits per heavy atom. The highest BCUT2D eigenvalue weighted by atomic mass is 32.1. The molecule has 6 aromatic rings. The maximum absolute atomic E-state index is 6.82. The molecule has 3 nitrogen and oxygen atoms in total. The standard InChI is InChI=1S/C45H40BNO2S/c1-43(2)44(3,4)49-46(48-43)37-29-36(32-19-9-5-10-20-32)30-45(31-37,42-47-38-27-17-18-28-39(38)50-42)41(35-25-15-8-16-26-35)40(33-21-11-6-12-22-33)34-23-13-7-14-24-34/h5-29,31H,30H2,1-4H3. The van der Waals surface area contributed by atoms with Crippen LogP contribution in [0.4, 0.5) is 0 Å². The topological polar surface area (TPSA) is 31.4 Å².